The molecule has 0 fully saturated rings. The largest absolute Gasteiger partial charge is 0.573 e. The summed E-state index contributed by atoms with van der Waals surface area (Å²) >= 11 is 0. The Morgan fingerprint density at radius 2 is 1.88 bits per heavy atom. The van der Waals surface area contributed by atoms with E-state index < -0.39 is 6.36 Å². The monoisotopic (exact) mass is 444 g/mol. The molecule has 4 rings (SSSR count). The lowest BCUT2D eigenvalue weighted by Gasteiger charge is -2.18. The van der Waals surface area contributed by atoms with Crippen LogP contribution in [0.25, 0.3) is 11.1 Å². The summed E-state index contributed by atoms with van der Waals surface area (Å²) < 4.78 is 43.3. The smallest absolute Gasteiger partial charge is 0.406 e. The van der Waals surface area contributed by atoms with Gasteiger partial charge in [0.2, 0.25) is 5.91 Å². The molecule has 3 aromatic rings. The second kappa shape index (κ2) is 8.57. The predicted octanol–water partition coefficient (Wildman–Crippen LogP) is 5.02. The van der Waals surface area contributed by atoms with Gasteiger partial charge >= 0.3 is 6.36 Å². The minimum Gasteiger partial charge on any atom is -0.406 e. The van der Waals surface area contributed by atoms with Crippen LogP contribution < -0.4 is 10.1 Å². The van der Waals surface area contributed by atoms with Crippen molar-refractivity contribution in [3.8, 4) is 16.9 Å². The molecule has 6 nitrogen and oxygen atoms in total. The molecule has 0 atom stereocenters. The molecule has 0 saturated carbocycles. The molecule has 0 spiro atoms. The summed E-state index contributed by atoms with van der Waals surface area (Å²) in [7, 11) is 1.90. The highest BCUT2D eigenvalue weighted by molar-refractivity contribution is 5.74. The summed E-state index contributed by atoms with van der Waals surface area (Å²) in [6, 6.07) is 13.2. The van der Waals surface area contributed by atoms with Gasteiger partial charge in [0.05, 0.1) is 6.54 Å². The number of rotatable bonds is 4. The first-order valence-corrected chi connectivity index (χ1v) is 10.2. The molecular weight excluding hydrogens is 421 g/mol. The number of fused-ring (bicyclic) bond motifs is 1. The zero-order chi connectivity index (χ0) is 22.9. The number of amides is 1. The van der Waals surface area contributed by atoms with Gasteiger partial charge in [-0.3, -0.25) is 9.48 Å². The van der Waals surface area contributed by atoms with E-state index in [1.807, 2.05) is 40.9 Å². The summed E-state index contributed by atoms with van der Waals surface area (Å²) in [5.41, 5.74) is 4.26. The third-order valence-electron chi connectivity index (χ3n) is 5.46. The van der Waals surface area contributed by atoms with E-state index in [0.717, 1.165) is 41.9 Å². The van der Waals surface area contributed by atoms with Gasteiger partial charge in [-0.05, 0) is 48.2 Å². The molecule has 0 unspecified atom stereocenters. The van der Waals surface area contributed by atoms with E-state index in [4.69, 9.17) is 0 Å². The van der Waals surface area contributed by atoms with E-state index in [0.29, 0.717) is 17.9 Å². The van der Waals surface area contributed by atoms with Crippen molar-refractivity contribution in [1.29, 1.82) is 0 Å². The van der Waals surface area contributed by atoms with E-state index in [1.165, 1.54) is 18.2 Å². The third kappa shape index (κ3) is 4.87. The summed E-state index contributed by atoms with van der Waals surface area (Å²) in [5, 5.41) is 7.91. The zero-order valence-corrected chi connectivity index (χ0v) is 17.7. The number of carbonyl (C=O) groups is 1. The van der Waals surface area contributed by atoms with Crippen LogP contribution in [0.5, 0.6) is 5.75 Å². The molecule has 0 bridgehead atoms. The van der Waals surface area contributed by atoms with Crippen LogP contribution in [0.3, 0.4) is 0 Å². The normalized spacial score (nSPS) is 14.0. The first-order valence-electron chi connectivity index (χ1n) is 10.2. The molecule has 2 aromatic carbocycles. The fourth-order valence-electron chi connectivity index (χ4n) is 3.91. The molecule has 32 heavy (non-hydrogen) atoms. The number of aromatic nitrogens is 2. The average molecular weight is 444 g/mol. The van der Waals surface area contributed by atoms with E-state index in [1.54, 1.807) is 13.0 Å². The standard InChI is InChI=1S/C23H23F3N4O2/c1-15(31)30-12-4-7-21-20(14-30)22(28-29(21)2)27-18-10-8-16(9-11-18)17-5-3-6-19(13-17)32-23(24,25)26/h3,5-6,8-11,13H,4,7,12,14H2,1-2H3,(H,27,28). The highest BCUT2D eigenvalue weighted by Crippen LogP contribution is 2.31. The first-order chi connectivity index (χ1) is 15.2. The molecule has 1 amide bonds. The second-order valence-corrected chi connectivity index (χ2v) is 7.72. The molecule has 1 aromatic heterocycles. The number of halogens is 3. The van der Waals surface area contributed by atoms with Crippen LogP contribution in [-0.2, 0) is 24.8 Å². The first kappa shape index (κ1) is 21.7. The Kier molecular flexibility index (Phi) is 5.82. The zero-order valence-electron chi connectivity index (χ0n) is 17.7. The number of hydrogen-bond donors (Lipinski definition) is 1. The molecule has 1 N–H and O–H groups in total. The van der Waals surface area contributed by atoms with Crippen molar-refractivity contribution in [2.45, 2.75) is 32.7 Å². The Balaban J connectivity index is 1.54. The van der Waals surface area contributed by atoms with Crippen LogP contribution in [0, 0.1) is 0 Å². The summed E-state index contributed by atoms with van der Waals surface area (Å²) in [4.78, 5) is 13.7. The number of benzene rings is 2. The van der Waals surface area contributed by atoms with Gasteiger partial charge < -0.3 is 15.0 Å². The van der Waals surface area contributed by atoms with Gasteiger partial charge in [-0.15, -0.1) is 13.2 Å². The van der Waals surface area contributed by atoms with Crippen molar-refractivity contribution in [1.82, 2.24) is 14.7 Å². The van der Waals surface area contributed by atoms with E-state index in [-0.39, 0.29) is 11.7 Å². The quantitative estimate of drug-likeness (QED) is 0.614. The molecule has 0 saturated heterocycles. The summed E-state index contributed by atoms with van der Waals surface area (Å²) in [6.45, 7) is 2.79. The van der Waals surface area contributed by atoms with Crippen LogP contribution in [0.4, 0.5) is 24.7 Å². The second-order valence-electron chi connectivity index (χ2n) is 7.72. The SMILES string of the molecule is CC(=O)N1CCCc2c(c(Nc3ccc(-c4cccc(OC(F)(F)F)c4)cc3)nn2C)C1. The average Bonchev–Trinajstić information content (AvgIpc) is 2.90. The maximum Gasteiger partial charge on any atom is 0.573 e. The lowest BCUT2D eigenvalue weighted by molar-refractivity contribution is -0.274. The number of nitrogens with one attached hydrogen (secondary N) is 1. The van der Waals surface area contributed by atoms with Crippen molar-refractivity contribution < 1.29 is 22.7 Å². The fourth-order valence-corrected chi connectivity index (χ4v) is 3.91. The van der Waals surface area contributed by atoms with Gasteiger partial charge in [-0.2, -0.15) is 5.10 Å². The van der Waals surface area contributed by atoms with Gasteiger partial charge in [-0.1, -0.05) is 24.3 Å². The number of alkyl halides is 3. The number of anilines is 2. The van der Waals surface area contributed by atoms with Gasteiger partial charge in [0.25, 0.3) is 0 Å². The van der Waals surface area contributed by atoms with E-state index in [2.05, 4.69) is 15.2 Å². The molecule has 0 radical (unpaired) electrons. The van der Waals surface area contributed by atoms with E-state index in [9.17, 15) is 18.0 Å². The molecule has 2 heterocycles. The lowest BCUT2D eigenvalue weighted by atomic mass is 10.1. The van der Waals surface area contributed by atoms with Crippen molar-refractivity contribution in [3.05, 3.63) is 59.8 Å². The van der Waals surface area contributed by atoms with Gasteiger partial charge in [-0.25, -0.2) is 0 Å². The van der Waals surface area contributed by atoms with Crippen molar-refractivity contribution in [2.75, 3.05) is 11.9 Å². The Bertz CT molecular complexity index is 1120. The lowest BCUT2D eigenvalue weighted by Crippen LogP contribution is -2.28. The maximum atomic E-state index is 12.5. The number of ether oxygens (including phenoxy) is 1. The Hall–Kier alpha value is -3.49. The van der Waals surface area contributed by atoms with Crippen LogP contribution in [-0.4, -0.2) is 33.5 Å². The molecule has 9 heteroatoms. The van der Waals surface area contributed by atoms with E-state index >= 15 is 0 Å². The van der Waals surface area contributed by atoms with Crippen LogP contribution in [0.15, 0.2) is 48.5 Å². The molecule has 168 valence electrons. The predicted molar refractivity (Wildman–Crippen MR) is 114 cm³/mol. The van der Waals surface area contributed by atoms with Gasteiger partial charge in [0.15, 0.2) is 5.82 Å². The molecule has 0 aliphatic carbocycles. The summed E-state index contributed by atoms with van der Waals surface area (Å²) in [6.07, 6.45) is -3.00. The van der Waals surface area contributed by atoms with Gasteiger partial charge in [0, 0.05) is 37.5 Å². The third-order valence-corrected chi connectivity index (χ3v) is 5.46. The highest BCUT2D eigenvalue weighted by Gasteiger charge is 2.31. The van der Waals surface area contributed by atoms with Crippen LogP contribution in [0.1, 0.15) is 24.6 Å². The van der Waals surface area contributed by atoms with Crippen molar-refractivity contribution in [2.24, 2.45) is 7.05 Å². The van der Waals surface area contributed by atoms with Gasteiger partial charge in [0.1, 0.15) is 5.75 Å². The number of carbonyl (C=O) groups excluding carboxylic acids is 1. The maximum absolute atomic E-state index is 12.5. The Morgan fingerprint density at radius 3 is 2.56 bits per heavy atom. The molecule has 1 aliphatic rings. The van der Waals surface area contributed by atoms with Crippen molar-refractivity contribution >= 4 is 17.4 Å². The highest BCUT2D eigenvalue weighted by atomic mass is 19.4. The van der Waals surface area contributed by atoms with Crippen LogP contribution in [0.2, 0.25) is 0 Å². The minimum atomic E-state index is -4.73. The molecule has 1 aliphatic heterocycles. The van der Waals surface area contributed by atoms with Crippen LogP contribution >= 0.6 is 0 Å². The van der Waals surface area contributed by atoms with Crippen molar-refractivity contribution in [3.63, 3.8) is 0 Å². The number of aryl methyl sites for hydroxylation is 1. The Labute approximate surface area is 183 Å². The number of hydrogen-bond acceptors (Lipinski definition) is 4. The number of nitrogens with zero attached hydrogens (tertiary/aromatic N) is 3. The fraction of sp³-hybridized carbons (Fsp3) is 0.304. The Morgan fingerprint density at radius 1 is 1.12 bits per heavy atom. The minimum absolute atomic E-state index is 0.0359. The topological polar surface area (TPSA) is 59.4 Å². The molecular formula is C23H23F3N4O2. The summed E-state index contributed by atoms with van der Waals surface area (Å²) in [5.74, 6) is 0.473.